The second kappa shape index (κ2) is 7.00. The van der Waals surface area contributed by atoms with E-state index in [-0.39, 0.29) is 0 Å². The van der Waals surface area contributed by atoms with Crippen LogP contribution in [-0.4, -0.2) is 21.5 Å². The SMILES string of the molecule is CCC(=N)c1ccc(-c2ccnn2-c2ccc(S)cc2)cc1NC1CC1. The Bertz CT molecular complexity index is 939. The Balaban J connectivity index is 1.75. The van der Waals surface area contributed by atoms with E-state index in [1.807, 2.05) is 48.1 Å². The zero-order valence-electron chi connectivity index (χ0n) is 14.7. The van der Waals surface area contributed by atoms with Crippen LogP contribution in [0, 0.1) is 5.41 Å². The third-order valence-corrected chi connectivity index (χ3v) is 4.97. The van der Waals surface area contributed by atoms with Gasteiger partial charge >= 0.3 is 0 Å². The molecular formula is C21H22N4S. The van der Waals surface area contributed by atoms with E-state index in [1.165, 1.54) is 12.8 Å². The first kappa shape index (κ1) is 16.9. The van der Waals surface area contributed by atoms with Crippen LogP contribution in [-0.2, 0) is 0 Å². The molecule has 1 aliphatic carbocycles. The molecule has 0 bridgehead atoms. The number of hydrogen-bond acceptors (Lipinski definition) is 4. The molecule has 0 aliphatic heterocycles. The van der Waals surface area contributed by atoms with E-state index in [9.17, 15) is 0 Å². The maximum Gasteiger partial charge on any atom is 0.0741 e. The molecule has 1 saturated carbocycles. The van der Waals surface area contributed by atoms with Crippen LogP contribution in [0.2, 0.25) is 0 Å². The summed E-state index contributed by atoms with van der Waals surface area (Å²) < 4.78 is 1.94. The van der Waals surface area contributed by atoms with Gasteiger partial charge in [0.25, 0.3) is 0 Å². The largest absolute Gasteiger partial charge is 0.382 e. The Morgan fingerprint density at radius 1 is 1.19 bits per heavy atom. The molecule has 0 amide bonds. The first-order valence-electron chi connectivity index (χ1n) is 8.98. The fraction of sp³-hybridized carbons (Fsp3) is 0.238. The third kappa shape index (κ3) is 3.40. The second-order valence-corrected chi connectivity index (χ2v) is 7.17. The monoisotopic (exact) mass is 362 g/mol. The van der Waals surface area contributed by atoms with Crippen molar-refractivity contribution < 1.29 is 0 Å². The van der Waals surface area contributed by atoms with Crippen molar-refractivity contribution in [1.29, 1.82) is 5.41 Å². The summed E-state index contributed by atoms with van der Waals surface area (Å²) in [5.74, 6) is 0. The van der Waals surface area contributed by atoms with Gasteiger partial charge in [-0.3, -0.25) is 0 Å². The Labute approximate surface area is 159 Å². The van der Waals surface area contributed by atoms with Gasteiger partial charge in [0.05, 0.1) is 17.6 Å². The summed E-state index contributed by atoms with van der Waals surface area (Å²) in [7, 11) is 0. The van der Waals surface area contributed by atoms with Crippen molar-refractivity contribution in [2.24, 2.45) is 0 Å². The highest BCUT2D eigenvalue weighted by atomic mass is 32.1. The molecule has 5 heteroatoms. The summed E-state index contributed by atoms with van der Waals surface area (Å²) in [5.41, 5.74) is 5.84. The van der Waals surface area contributed by atoms with Crippen molar-refractivity contribution in [3.05, 3.63) is 60.3 Å². The number of benzene rings is 2. The molecule has 2 aromatic carbocycles. The first-order chi connectivity index (χ1) is 12.7. The van der Waals surface area contributed by atoms with Crippen LogP contribution in [0.15, 0.2) is 59.6 Å². The molecule has 0 radical (unpaired) electrons. The molecule has 1 aromatic heterocycles. The Morgan fingerprint density at radius 3 is 2.65 bits per heavy atom. The van der Waals surface area contributed by atoms with Gasteiger partial charge in [0.1, 0.15) is 0 Å². The highest BCUT2D eigenvalue weighted by Gasteiger charge is 2.23. The predicted octanol–water partition coefficient (Wildman–Crippen LogP) is 5.18. The molecule has 132 valence electrons. The van der Waals surface area contributed by atoms with Crippen molar-refractivity contribution >= 4 is 24.0 Å². The van der Waals surface area contributed by atoms with E-state index in [4.69, 9.17) is 5.41 Å². The van der Waals surface area contributed by atoms with Gasteiger partial charge < -0.3 is 10.7 Å². The Hall–Kier alpha value is -2.53. The molecule has 1 heterocycles. The van der Waals surface area contributed by atoms with E-state index >= 15 is 0 Å². The van der Waals surface area contributed by atoms with Crippen LogP contribution >= 0.6 is 12.6 Å². The maximum atomic E-state index is 8.26. The summed E-state index contributed by atoms with van der Waals surface area (Å²) in [6.45, 7) is 2.03. The molecule has 3 aromatic rings. The van der Waals surface area contributed by atoms with Crippen LogP contribution in [0.3, 0.4) is 0 Å². The number of thiol groups is 1. The van der Waals surface area contributed by atoms with Crippen LogP contribution in [0.1, 0.15) is 31.7 Å². The average molecular weight is 363 g/mol. The van der Waals surface area contributed by atoms with E-state index in [0.717, 1.165) is 39.5 Å². The van der Waals surface area contributed by atoms with E-state index < -0.39 is 0 Å². The van der Waals surface area contributed by atoms with Crippen molar-refractivity contribution in [2.75, 3.05) is 5.32 Å². The second-order valence-electron chi connectivity index (χ2n) is 6.66. The fourth-order valence-corrected chi connectivity index (χ4v) is 3.19. The molecule has 4 nitrogen and oxygen atoms in total. The fourth-order valence-electron chi connectivity index (χ4n) is 3.05. The minimum absolute atomic E-state index is 0.543. The van der Waals surface area contributed by atoms with Gasteiger partial charge in [-0.2, -0.15) is 5.10 Å². The topological polar surface area (TPSA) is 53.7 Å². The molecule has 0 saturated heterocycles. The van der Waals surface area contributed by atoms with Crippen molar-refractivity contribution in [2.45, 2.75) is 37.1 Å². The lowest BCUT2D eigenvalue weighted by molar-refractivity contribution is 0.886. The zero-order chi connectivity index (χ0) is 18.1. The van der Waals surface area contributed by atoms with Gasteiger partial charge in [0.2, 0.25) is 0 Å². The number of anilines is 1. The predicted molar refractivity (Wildman–Crippen MR) is 110 cm³/mol. The van der Waals surface area contributed by atoms with Gasteiger partial charge in [-0.15, -0.1) is 12.6 Å². The molecule has 26 heavy (non-hydrogen) atoms. The summed E-state index contributed by atoms with van der Waals surface area (Å²) in [6, 6.07) is 16.8. The van der Waals surface area contributed by atoms with Crippen molar-refractivity contribution in [3.63, 3.8) is 0 Å². The molecular weight excluding hydrogens is 340 g/mol. The van der Waals surface area contributed by atoms with Crippen LogP contribution < -0.4 is 5.32 Å². The lowest BCUT2D eigenvalue weighted by Gasteiger charge is -2.15. The summed E-state index contributed by atoms with van der Waals surface area (Å²) in [4.78, 5) is 0.931. The summed E-state index contributed by atoms with van der Waals surface area (Å²) in [5, 5.41) is 16.3. The highest BCUT2D eigenvalue weighted by Crippen LogP contribution is 2.32. The third-order valence-electron chi connectivity index (χ3n) is 4.67. The number of aromatic nitrogens is 2. The van der Waals surface area contributed by atoms with Gasteiger partial charge in [0.15, 0.2) is 0 Å². The van der Waals surface area contributed by atoms with Crippen LogP contribution in [0.5, 0.6) is 0 Å². The van der Waals surface area contributed by atoms with Gasteiger partial charge in [0, 0.05) is 33.5 Å². The van der Waals surface area contributed by atoms with E-state index in [1.54, 1.807) is 0 Å². The minimum Gasteiger partial charge on any atom is -0.382 e. The lowest BCUT2D eigenvalue weighted by Crippen LogP contribution is -2.08. The summed E-state index contributed by atoms with van der Waals surface area (Å²) >= 11 is 4.36. The van der Waals surface area contributed by atoms with Crippen LogP contribution in [0.25, 0.3) is 16.9 Å². The smallest absolute Gasteiger partial charge is 0.0741 e. The van der Waals surface area contributed by atoms with Crippen LogP contribution in [0.4, 0.5) is 5.69 Å². The number of nitrogens with one attached hydrogen (secondary N) is 2. The quantitative estimate of drug-likeness (QED) is 0.418. The number of hydrogen-bond donors (Lipinski definition) is 3. The number of rotatable bonds is 6. The van der Waals surface area contributed by atoms with Gasteiger partial charge in [-0.25, -0.2) is 4.68 Å². The first-order valence-corrected chi connectivity index (χ1v) is 9.42. The van der Waals surface area contributed by atoms with Crippen molar-refractivity contribution in [3.8, 4) is 16.9 Å². The molecule has 0 unspecified atom stereocenters. The van der Waals surface area contributed by atoms with Gasteiger partial charge in [-0.05, 0) is 55.7 Å². The van der Waals surface area contributed by atoms with E-state index in [0.29, 0.717) is 11.8 Å². The number of nitrogens with zero attached hydrogens (tertiary/aromatic N) is 2. The Kier molecular flexibility index (Phi) is 4.55. The average Bonchev–Trinajstić information content (AvgIpc) is 3.34. The van der Waals surface area contributed by atoms with Crippen molar-refractivity contribution in [1.82, 2.24) is 9.78 Å². The Morgan fingerprint density at radius 2 is 1.96 bits per heavy atom. The lowest BCUT2D eigenvalue weighted by atomic mass is 10.0. The molecule has 1 fully saturated rings. The maximum absolute atomic E-state index is 8.26. The highest BCUT2D eigenvalue weighted by molar-refractivity contribution is 7.80. The minimum atomic E-state index is 0.543. The normalized spacial score (nSPS) is 13.6. The standard InChI is InChI=1S/C21H22N4S/c1-2-19(22)18-10-3-14(13-20(18)24-15-4-5-15)21-11-12-23-25(21)16-6-8-17(26)9-7-16/h3,6-13,15,22,24,26H,2,4-5H2,1H3. The zero-order valence-corrected chi connectivity index (χ0v) is 15.6. The molecule has 2 N–H and O–H groups in total. The van der Waals surface area contributed by atoms with E-state index in [2.05, 4.69) is 41.2 Å². The van der Waals surface area contributed by atoms with Gasteiger partial charge in [-0.1, -0.05) is 19.1 Å². The molecule has 0 spiro atoms. The molecule has 0 atom stereocenters. The molecule has 4 rings (SSSR count). The molecule has 1 aliphatic rings. The summed E-state index contributed by atoms with van der Waals surface area (Å²) in [6.07, 6.45) is 4.96.